The van der Waals surface area contributed by atoms with E-state index in [2.05, 4.69) is 31.2 Å². The molecule has 21 heavy (non-hydrogen) atoms. The van der Waals surface area contributed by atoms with E-state index in [9.17, 15) is 0 Å². The van der Waals surface area contributed by atoms with Crippen molar-refractivity contribution >= 4 is 21.7 Å². The third-order valence-corrected chi connectivity index (χ3v) is 3.52. The Labute approximate surface area is 130 Å². The third-order valence-electron chi connectivity index (χ3n) is 2.78. The number of hydrogen-bond donors (Lipinski definition) is 1. The molecule has 1 aromatic heterocycles. The summed E-state index contributed by atoms with van der Waals surface area (Å²) in [5.74, 6) is 1.91. The average Bonchev–Trinajstić information content (AvgIpc) is 2.53. The molecule has 6 nitrogen and oxygen atoms in total. The maximum atomic E-state index is 8.67. The average molecular weight is 349 g/mol. The minimum absolute atomic E-state index is 0.285. The van der Waals surface area contributed by atoms with Crippen LogP contribution in [0.3, 0.4) is 0 Å². The molecule has 7 heteroatoms. The highest BCUT2D eigenvalue weighted by Crippen LogP contribution is 2.33. The lowest BCUT2D eigenvalue weighted by Gasteiger charge is -2.12. The molecule has 0 bridgehead atoms. The van der Waals surface area contributed by atoms with E-state index in [0.29, 0.717) is 23.9 Å². The summed E-state index contributed by atoms with van der Waals surface area (Å²) >= 11 is 3.49. The maximum absolute atomic E-state index is 8.67. The minimum Gasteiger partial charge on any atom is -0.493 e. The zero-order chi connectivity index (χ0) is 15.2. The fourth-order valence-corrected chi connectivity index (χ4v) is 2.16. The predicted molar refractivity (Wildman–Crippen MR) is 81.3 cm³/mol. The second-order valence-electron chi connectivity index (χ2n) is 4.05. The largest absolute Gasteiger partial charge is 0.493 e. The van der Waals surface area contributed by atoms with Crippen LogP contribution >= 0.6 is 15.9 Å². The van der Waals surface area contributed by atoms with E-state index < -0.39 is 0 Å². The SMILES string of the molecule is COc1cc(Br)c(CNc2cnc(C#N)cn2)cc1OC. The van der Waals surface area contributed by atoms with E-state index in [4.69, 9.17) is 14.7 Å². The van der Waals surface area contributed by atoms with Crippen LogP contribution in [0.1, 0.15) is 11.3 Å². The summed E-state index contributed by atoms with van der Waals surface area (Å²) in [4.78, 5) is 8.05. The van der Waals surface area contributed by atoms with Gasteiger partial charge in [-0.15, -0.1) is 0 Å². The van der Waals surface area contributed by atoms with Crippen molar-refractivity contribution in [1.82, 2.24) is 9.97 Å². The number of nitriles is 1. The van der Waals surface area contributed by atoms with E-state index >= 15 is 0 Å². The molecule has 0 amide bonds. The number of rotatable bonds is 5. The van der Waals surface area contributed by atoms with Crippen molar-refractivity contribution in [3.63, 3.8) is 0 Å². The molecule has 108 valence electrons. The van der Waals surface area contributed by atoms with Gasteiger partial charge < -0.3 is 14.8 Å². The van der Waals surface area contributed by atoms with Gasteiger partial charge in [-0.05, 0) is 17.7 Å². The minimum atomic E-state index is 0.285. The van der Waals surface area contributed by atoms with Gasteiger partial charge in [0.25, 0.3) is 0 Å². The zero-order valence-corrected chi connectivity index (χ0v) is 13.1. The molecule has 0 aliphatic heterocycles. The van der Waals surface area contributed by atoms with Gasteiger partial charge in [-0.3, -0.25) is 0 Å². The Morgan fingerprint density at radius 1 is 1.19 bits per heavy atom. The van der Waals surface area contributed by atoms with Crippen molar-refractivity contribution in [1.29, 1.82) is 5.26 Å². The van der Waals surface area contributed by atoms with Crippen molar-refractivity contribution in [2.24, 2.45) is 0 Å². The van der Waals surface area contributed by atoms with Crippen molar-refractivity contribution in [2.45, 2.75) is 6.54 Å². The molecular formula is C14H13BrN4O2. The van der Waals surface area contributed by atoms with Crippen LogP contribution in [-0.4, -0.2) is 24.2 Å². The molecule has 0 saturated heterocycles. The van der Waals surface area contributed by atoms with Crippen molar-refractivity contribution in [3.8, 4) is 17.6 Å². The molecular weight excluding hydrogens is 336 g/mol. The summed E-state index contributed by atoms with van der Waals surface area (Å²) in [6.45, 7) is 0.529. The smallest absolute Gasteiger partial charge is 0.161 e. The topological polar surface area (TPSA) is 80.1 Å². The number of anilines is 1. The zero-order valence-electron chi connectivity index (χ0n) is 11.6. The standard InChI is InChI=1S/C14H13BrN4O2/c1-20-12-3-9(11(15)4-13(12)21-2)6-18-14-8-17-10(5-16)7-19-14/h3-4,7-8H,6H2,1-2H3,(H,18,19). The first-order valence-corrected chi connectivity index (χ1v) is 6.83. The Kier molecular flexibility index (Phi) is 4.95. The quantitative estimate of drug-likeness (QED) is 0.894. The second kappa shape index (κ2) is 6.90. The van der Waals surface area contributed by atoms with Crippen molar-refractivity contribution in [2.75, 3.05) is 19.5 Å². The van der Waals surface area contributed by atoms with E-state index in [0.717, 1.165) is 10.0 Å². The molecule has 0 fully saturated rings. The van der Waals surface area contributed by atoms with Crippen LogP contribution in [-0.2, 0) is 6.54 Å². The molecule has 0 spiro atoms. The third kappa shape index (κ3) is 3.61. The number of methoxy groups -OCH3 is 2. The predicted octanol–water partition coefficient (Wildman–Crippen LogP) is 2.74. The number of benzene rings is 1. The number of halogens is 1. The summed E-state index contributed by atoms with van der Waals surface area (Å²) < 4.78 is 11.4. The summed E-state index contributed by atoms with van der Waals surface area (Å²) in [6, 6.07) is 5.65. The van der Waals surface area contributed by atoms with Crippen LogP contribution < -0.4 is 14.8 Å². The lowest BCUT2D eigenvalue weighted by atomic mass is 10.2. The van der Waals surface area contributed by atoms with Gasteiger partial charge in [-0.1, -0.05) is 15.9 Å². The summed E-state index contributed by atoms with van der Waals surface area (Å²) in [6.07, 6.45) is 2.94. The Morgan fingerprint density at radius 3 is 2.48 bits per heavy atom. The molecule has 0 radical (unpaired) electrons. The molecule has 2 rings (SSSR count). The summed E-state index contributed by atoms with van der Waals surface area (Å²) in [5.41, 5.74) is 1.27. The number of nitrogens with zero attached hydrogens (tertiary/aromatic N) is 3. The van der Waals surface area contributed by atoms with E-state index in [-0.39, 0.29) is 5.69 Å². The fraction of sp³-hybridized carbons (Fsp3) is 0.214. The van der Waals surface area contributed by atoms with E-state index in [1.54, 1.807) is 14.2 Å². The van der Waals surface area contributed by atoms with Gasteiger partial charge in [-0.2, -0.15) is 5.26 Å². The number of nitrogens with one attached hydrogen (secondary N) is 1. The molecule has 1 aromatic carbocycles. The van der Waals surface area contributed by atoms with Crippen LogP contribution in [0.2, 0.25) is 0 Å². The fourth-order valence-electron chi connectivity index (χ4n) is 1.69. The molecule has 0 atom stereocenters. The van der Waals surface area contributed by atoms with Gasteiger partial charge in [0, 0.05) is 11.0 Å². The highest BCUT2D eigenvalue weighted by Gasteiger charge is 2.09. The maximum Gasteiger partial charge on any atom is 0.161 e. The van der Waals surface area contributed by atoms with Crippen LogP contribution in [0.5, 0.6) is 11.5 Å². The second-order valence-corrected chi connectivity index (χ2v) is 4.91. The van der Waals surface area contributed by atoms with Gasteiger partial charge in [-0.25, -0.2) is 9.97 Å². The molecule has 0 unspecified atom stereocenters. The highest BCUT2D eigenvalue weighted by molar-refractivity contribution is 9.10. The molecule has 1 N–H and O–H groups in total. The van der Waals surface area contributed by atoms with Gasteiger partial charge in [0.15, 0.2) is 17.2 Å². The van der Waals surface area contributed by atoms with Crippen molar-refractivity contribution < 1.29 is 9.47 Å². The number of aromatic nitrogens is 2. The molecule has 0 aliphatic carbocycles. The van der Waals surface area contributed by atoms with Crippen LogP contribution in [0.25, 0.3) is 0 Å². The first kappa shape index (κ1) is 15.1. The van der Waals surface area contributed by atoms with Gasteiger partial charge in [0.05, 0.1) is 26.6 Å². The Morgan fingerprint density at radius 2 is 1.90 bits per heavy atom. The van der Waals surface area contributed by atoms with Gasteiger partial charge >= 0.3 is 0 Å². The monoisotopic (exact) mass is 348 g/mol. The summed E-state index contributed by atoms with van der Waals surface area (Å²) in [7, 11) is 3.18. The highest BCUT2D eigenvalue weighted by atomic mass is 79.9. The molecule has 2 aromatic rings. The normalized spacial score (nSPS) is 9.81. The Balaban J connectivity index is 2.14. The molecule has 1 heterocycles. The first-order valence-electron chi connectivity index (χ1n) is 6.04. The van der Waals surface area contributed by atoms with Gasteiger partial charge in [0.2, 0.25) is 0 Å². The Hall–Kier alpha value is -2.33. The lowest BCUT2D eigenvalue weighted by molar-refractivity contribution is 0.354. The van der Waals surface area contributed by atoms with Crippen LogP contribution in [0, 0.1) is 11.3 Å². The molecule has 0 saturated carbocycles. The van der Waals surface area contributed by atoms with E-state index in [1.165, 1.54) is 12.4 Å². The van der Waals surface area contributed by atoms with Gasteiger partial charge in [0.1, 0.15) is 11.9 Å². The van der Waals surface area contributed by atoms with Crippen molar-refractivity contribution in [3.05, 3.63) is 40.3 Å². The molecule has 0 aliphatic rings. The first-order chi connectivity index (χ1) is 10.2. The Bertz CT molecular complexity index is 668. The van der Waals surface area contributed by atoms with Crippen LogP contribution in [0.15, 0.2) is 29.0 Å². The number of hydrogen-bond acceptors (Lipinski definition) is 6. The van der Waals surface area contributed by atoms with E-state index in [1.807, 2.05) is 18.2 Å². The lowest BCUT2D eigenvalue weighted by Crippen LogP contribution is -2.04. The van der Waals surface area contributed by atoms with Crippen LogP contribution in [0.4, 0.5) is 5.82 Å². The number of ether oxygens (including phenoxy) is 2. The summed E-state index contributed by atoms with van der Waals surface area (Å²) in [5, 5.41) is 11.8.